The molecule has 0 bridgehead atoms. The third-order valence-electron chi connectivity index (χ3n) is 12.6. The topological polar surface area (TPSA) is 13.1 Å². The molecule has 1 heteroatoms. The Balaban J connectivity index is 1.01. The number of furan rings is 1. The Morgan fingerprint density at radius 2 is 0.893 bits per heavy atom. The number of rotatable bonds is 3. The van der Waals surface area contributed by atoms with Crippen LogP contribution in [-0.2, 0) is 5.41 Å². The molecule has 1 aromatic heterocycles. The van der Waals surface area contributed by atoms with E-state index < -0.39 is 0 Å². The van der Waals surface area contributed by atoms with Crippen molar-refractivity contribution in [2.75, 3.05) is 0 Å². The molecule has 262 valence electrons. The monoisotopic (exact) mass is 712 g/mol. The van der Waals surface area contributed by atoms with Crippen molar-refractivity contribution in [1.29, 1.82) is 0 Å². The third-order valence-corrected chi connectivity index (χ3v) is 12.6. The van der Waals surface area contributed by atoms with Gasteiger partial charge in [-0.05, 0) is 118 Å². The quantitative estimate of drug-likeness (QED) is 0.166. The van der Waals surface area contributed by atoms with Crippen molar-refractivity contribution < 1.29 is 4.42 Å². The molecule has 0 fully saturated rings. The summed E-state index contributed by atoms with van der Waals surface area (Å²) in [6.45, 7) is 4.71. The summed E-state index contributed by atoms with van der Waals surface area (Å²) in [5.74, 6) is 0. The zero-order valence-corrected chi connectivity index (χ0v) is 31.2. The molecule has 0 unspecified atom stereocenters. The maximum absolute atomic E-state index is 6.65. The number of hydrogen-bond acceptors (Lipinski definition) is 1. The van der Waals surface area contributed by atoms with Crippen LogP contribution in [0.5, 0.6) is 0 Å². The van der Waals surface area contributed by atoms with Crippen LogP contribution in [0.4, 0.5) is 0 Å². The second-order valence-corrected chi connectivity index (χ2v) is 16.0. The minimum absolute atomic E-state index is 0.122. The van der Waals surface area contributed by atoms with Gasteiger partial charge in [0.05, 0.1) is 0 Å². The average Bonchev–Trinajstić information content (AvgIpc) is 3.74. The predicted octanol–water partition coefficient (Wildman–Crippen LogP) is 15.5. The van der Waals surface area contributed by atoms with E-state index in [1.807, 2.05) is 0 Å². The van der Waals surface area contributed by atoms with Gasteiger partial charge in [0.2, 0.25) is 0 Å². The summed E-state index contributed by atoms with van der Waals surface area (Å²) in [6, 6.07) is 67.1. The summed E-state index contributed by atoms with van der Waals surface area (Å²) in [6.07, 6.45) is 0. The van der Waals surface area contributed by atoms with Gasteiger partial charge in [-0.2, -0.15) is 0 Å². The summed E-state index contributed by atoms with van der Waals surface area (Å²) in [5, 5.41) is 12.3. The molecule has 0 radical (unpaired) electrons. The SMILES string of the molecule is CC1(C)c2ccc(-c3ccc(-c4c5ccccc5c(-c5ccc6ccccc6c5)c5ccccc45)cc3)cc2-c2c1ccc1oc3c4ccccc4ccc3c21. The number of hydrogen-bond donors (Lipinski definition) is 0. The molecule has 1 nitrogen and oxygen atoms in total. The second kappa shape index (κ2) is 11.5. The van der Waals surface area contributed by atoms with E-state index in [-0.39, 0.29) is 5.41 Å². The molecule has 1 aliphatic carbocycles. The van der Waals surface area contributed by atoms with Gasteiger partial charge in [-0.15, -0.1) is 0 Å². The third kappa shape index (κ3) is 4.37. The predicted molar refractivity (Wildman–Crippen MR) is 238 cm³/mol. The standard InChI is InChI=1S/C55H36O/c1-55(2)47-28-26-38(32-46(47)52-48(55)29-30-49-53(52)45-27-25-35-12-5-6-14-40(35)54(45)56-49)34-19-22-36(23-20-34)50-41-15-7-9-17-43(41)51(44-18-10-8-16-42(44)50)39-24-21-33-11-3-4-13-37(33)31-39/h3-32H,1-2H3. The van der Waals surface area contributed by atoms with E-state index in [1.165, 1.54) is 104 Å². The van der Waals surface area contributed by atoms with Gasteiger partial charge in [0.1, 0.15) is 11.2 Å². The van der Waals surface area contributed by atoms with Crippen LogP contribution in [0, 0.1) is 0 Å². The summed E-state index contributed by atoms with van der Waals surface area (Å²) < 4.78 is 6.65. The fourth-order valence-corrected chi connectivity index (χ4v) is 9.94. The van der Waals surface area contributed by atoms with Gasteiger partial charge in [0.15, 0.2) is 0 Å². The van der Waals surface area contributed by atoms with Gasteiger partial charge in [-0.25, -0.2) is 0 Å². The van der Waals surface area contributed by atoms with Crippen molar-refractivity contribution in [2.24, 2.45) is 0 Å². The van der Waals surface area contributed by atoms with Gasteiger partial charge in [-0.3, -0.25) is 0 Å². The lowest BCUT2D eigenvalue weighted by atomic mass is 9.82. The first-order chi connectivity index (χ1) is 27.5. The van der Waals surface area contributed by atoms with E-state index in [4.69, 9.17) is 4.42 Å². The van der Waals surface area contributed by atoms with E-state index in [2.05, 4.69) is 196 Å². The second-order valence-electron chi connectivity index (χ2n) is 16.0. The molecular weight excluding hydrogens is 677 g/mol. The van der Waals surface area contributed by atoms with Crippen molar-refractivity contribution in [3.63, 3.8) is 0 Å². The number of benzene rings is 10. The molecule has 0 saturated carbocycles. The molecular formula is C55H36O. The summed E-state index contributed by atoms with van der Waals surface area (Å²) in [7, 11) is 0. The van der Waals surface area contributed by atoms with Crippen molar-refractivity contribution >= 4 is 65.0 Å². The smallest absolute Gasteiger partial charge is 0.143 e. The molecule has 0 amide bonds. The van der Waals surface area contributed by atoms with Crippen molar-refractivity contribution in [1.82, 2.24) is 0 Å². The van der Waals surface area contributed by atoms with Crippen LogP contribution in [0.15, 0.2) is 186 Å². The average molecular weight is 713 g/mol. The van der Waals surface area contributed by atoms with Gasteiger partial charge < -0.3 is 4.42 Å². The molecule has 10 aromatic carbocycles. The molecule has 0 atom stereocenters. The van der Waals surface area contributed by atoms with E-state index in [1.54, 1.807) is 0 Å². The maximum Gasteiger partial charge on any atom is 0.143 e. The Bertz CT molecular complexity index is 3370. The Morgan fingerprint density at radius 3 is 1.61 bits per heavy atom. The first-order valence-electron chi connectivity index (χ1n) is 19.6. The fourth-order valence-electron chi connectivity index (χ4n) is 9.94. The Hall–Kier alpha value is -6.96. The van der Waals surface area contributed by atoms with E-state index >= 15 is 0 Å². The summed E-state index contributed by atoms with van der Waals surface area (Å²) >= 11 is 0. The van der Waals surface area contributed by atoms with Gasteiger partial charge in [-0.1, -0.05) is 172 Å². The van der Waals surface area contributed by atoms with Crippen molar-refractivity contribution in [3.05, 3.63) is 193 Å². The Kier molecular flexibility index (Phi) is 6.46. The van der Waals surface area contributed by atoms with Crippen LogP contribution in [0.25, 0.3) is 110 Å². The van der Waals surface area contributed by atoms with Crippen LogP contribution < -0.4 is 0 Å². The first kappa shape index (κ1) is 31.4. The molecule has 0 saturated heterocycles. The van der Waals surface area contributed by atoms with Crippen LogP contribution in [-0.4, -0.2) is 0 Å². The summed E-state index contributed by atoms with van der Waals surface area (Å²) in [5.41, 5.74) is 14.6. The molecule has 0 spiro atoms. The number of fused-ring (bicyclic) bond motifs is 12. The lowest BCUT2D eigenvalue weighted by molar-refractivity contribution is 0.657. The lowest BCUT2D eigenvalue weighted by Crippen LogP contribution is -2.14. The largest absolute Gasteiger partial charge is 0.455 e. The highest BCUT2D eigenvalue weighted by molar-refractivity contribution is 6.22. The normalized spacial score (nSPS) is 13.3. The van der Waals surface area contributed by atoms with Gasteiger partial charge >= 0.3 is 0 Å². The fraction of sp³-hybridized carbons (Fsp3) is 0.0545. The van der Waals surface area contributed by atoms with Crippen molar-refractivity contribution in [3.8, 4) is 44.5 Å². The van der Waals surface area contributed by atoms with Gasteiger partial charge in [0, 0.05) is 21.6 Å². The van der Waals surface area contributed by atoms with Crippen LogP contribution in [0.3, 0.4) is 0 Å². The van der Waals surface area contributed by atoms with Crippen molar-refractivity contribution in [2.45, 2.75) is 19.3 Å². The zero-order chi connectivity index (χ0) is 37.1. The minimum Gasteiger partial charge on any atom is -0.455 e. The minimum atomic E-state index is -0.122. The highest BCUT2D eigenvalue weighted by Crippen LogP contribution is 2.54. The summed E-state index contributed by atoms with van der Waals surface area (Å²) in [4.78, 5) is 0. The molecule has 56 heavy (non-hydrogen) atoms. The molecule has 0 N–H and O–H groups in total. The molecule has 12 rings (SSSR count). The highest BCUT2D eigenvalue weighted by atomic mass is 16.3. The van der Waals surface area contributed by atoms with Crippen LogP contribution in [0.2, 0.25) is 0 Å². The molecule has 1 heterocycles. The zero-order valence-electron chi connectivity index (χ0n) is 31.2. The molecule has 0 aliphatic heterocycles. The van der Waals surface area contributed by atoms with Gasteiger partial charge in [0.25, 0.3) is 0 Å². The van der Waals surface area contributed by atoms with E-state index in [0.717, 1.165) is 16.6 Å². The van der Waals surface area contributed by atoms with Crippen LogP contribution in [0.1, 0.15) is 25.0 Å². The Morgan fingerprint density at radius 1 is 0.357 bits per heavy atom. The molecule has 11 aromatic rings. The lowest BCUT2D eigenvalue weighted by Gasteiger charge is -2.21. The van der Waals surface area contributed by atoms with E-state index in [0.29, 0.717) is 0 Å². The Labute approximate surface area is 325 Å². The van der Waals surface area contributed by atoms with Crippen LogP contribution >= 0.6 is 0 Å². The highest BCUT2D eigenvalue weighted by Gasteiger charge is 2.37. The van der Waals surface area contributed by atoms with E-state index in [9.17, 15) is 0 Å². The molecule has 1 aliphatic rings. The maximum atomic E-state index is 6.65. The first-order valence-corrected chi connectivity index (χ1v) is 19.6.